The fraction of sp³-hybridized carbons (Fsp3) is 0.562. The zero-order valence-electron chi connectivity index (χ0n) is 14.1. The van der Waals surface area contributed by atoms with Crippen molar-refractivity contribution in [2.24, 2.45) is 5.92 Å². The number of rotatable bonds is 6. The summed E-state index contributed by atoms with van der Waals surface area (Å²) in [5.41, 5.74) is 1.45. The number of nitrogens with zero attached hydrogens (tertiary/aromatic N) is 1. The minimum absolute atomic E-state index is 0.0489. The van der Waals surface area contributed by atoms with Crippen LogP contribution in [0.3, 0.4) is 0 Å². The molecule has 1 saturated heterocycles. The van der Waals surface area contributed by atoms with Gasteiger partial charge in [-0.15, -0.1) is 0 Å². The predicted molar refractivity (Wildman–Crippen MR) is 88.6 cm³/mol. The fourth-order valence-electron chi connectivity index (χ4n) is 2.60. The quantitative estimate of drug-likeness (QED) is 0.812. The first-order chi connectivity index (χ1) is 11.2. The standard InChI is InChI=1S/C16H23FN2O4S/c1-11-4-5-14(17)6-12(11)7-16(20)18-15-9-23-8-13(15)10-24(21,22)19(2)3/h4-6,13,15H,7-10H2,1-3H3,(H,18,20)/t13-,15+/m0/s1. The molecule has 0 unspecified atom stereocenters. The third-order valence-corrected chi connectivity index (χ3v) is 6.15. The van der Waals surface area contributed by atoms with Gasteiger partial charge in [0.15, 0.2) is 0 Å². The number of amides is 1. The second kappa shape index (κ2) is 7.58. The van der Waals surface area contributed by atoms with E-state index in [4.69, 9.17) is 4.74 Å². The van der Waals surface area contributed by atoms with E-state index in [9.17, 15) is 17.6 Å². The lowest BCUT2D eigenvalue weighted by Crippen LogP contribution is -2.44. The average molecular weight is 358 g/mol. The smallest absolute Gasteiger partial charge is 0.224 e. The van der Waals surface area contributed by atoms with Crippen LogP contribution in [-0.2, 0) is 26.0 Å². The van der Waals surface area contributed by atoms with Gasteiger partial charge in [0.05, 0.1) is 31.4 Å². The number of carbonyl (C=O) groups is 1. The predicted octanol–water partition coefficient (Wildman–Crippen LogP) is 0.699. The van der Waals surface area contributed by atoms with Gasteiger partial charge in [0.25, 0.3) is 0 Å². The third kappa shape index (κ3) is 4.75. The Kier molecular flexibility index (Phi) is 5.95. The van der Waals surface area contributed by atoms with Crippen molar-refractivity contribution >= 4 is 15.9 Å². The van der Waals surface area contributed by atoms with Gasteiger partial charge in [-0.3, -0.25) is 4.79 Å². The summed E-state index contributed by atoms with van der Waals surface area (Å²) in [7, 11) is -0.414. The van der Waals surface area contributed by atoms with Crippen LogP contribution in [0.1, 0.15) is 11.1 Å². The van der Waals surface area contributed by atoms with Gasteiger partial charge < -0.3 is 10.1 Å². The highest BCUT2D eigenvalue weighted by molar-refractivity contribution is 7.89. The van der Waals surface area contributed by atoms with E-state index in [1.165, 1.54) is 30.5 Å². The molecule has 1 aliphatic heterocycles. The molecule has 24 heavy (non-hydrogen) atoms. The van der Waals surface area contributed by atoms with E-state index >= 15 is 0 Å². The fourth-order valence-corrected chi connectivity index (χ4v) is 3.77. The lowest BCUT2D eigenvalue weighted by atomic mass is 10.0. The molecular weight excluding hydrogens is 335 g/mol. The first-order valence-electron chi connectivity index (χ1n) is 7.71. The number of hydrogen-bond acceptors (Lipinski definition) is 4. The summed E-state index contributed by atoms with van der Waals surface area (Å²) in [6, 6.07) is 3.96. The van der Waals surface area contributed by atoms with Crippen molar-refractivity contribution in [2.45, 2.75) is 19.4 Å². The van der Waals surface area contributed by atoms with Crippen molar-refractivity contribution in [1.29, 1.82) is 0 Å². The van der Waals surface area contributed by atoms with Crippen LogP contribution in [-0.4, -0.2) is 57.7 Å². The summed E-state index contributed by atoms with van der Waals surface area (Å²) in [5, 5.41) is 2.82. The van der Waals surface area contributed by atoms with Gasteiger partial charge in [-0.25, -0.2) is 17.1 Å². The molecule has 0 saturated carbocycles. The van der Waals surface area contributed by atoms with Crippen molar-refractivity contribution in [3.63, 3.8) is 0 Å². The number of nitrogens with one attached hydrogen (secondary N) is 1. The molecule has 1 aromatic carbocycles. The highest BCUT2D eigenvalue weighted by Crippen LogP contribution is 2.18. The topological polar surface area (TPSA) is 75.7 Å². The Morgan fingerprint density at radius 2 is 2.08 bits per heavy atom. The van der Waals surface area contributed by atoms with E-state index in [0.29, 0.717) is 5.56 Å². The van der Waals surface area contributed by atoms with Gasteiger partial charge in [0.1, 0.15) is 5.82 Å². The maximum Gasteiger partial charge on any atom is 0.224 e. The molecule has 0 aliphatic carbocycles. The number of halogens is 1. The molecule has 1 amide bonds. The maximum atomic E-state index is 13.3. The number of aryl methyl sites for hydroxylation is 1. The maximum absolute atomic E-state index is 13.3. The summed E-state index contributed by atoms with van der Waals surface area (Å²) in [6.07, 6.45) is 0.0489. The largest absolute Gasteiger partial charge is 0.379 e. The summed E-state index contributed by atoms with van der Waals surface area (Å²) in [4.78, 5) is 12.2. The van der Waals surface area contributed by atoms with Crippen LogP contribution in [0.4, 0.5) is 4.39 Å². The molecular formula is C16H23FN2O4S. The molecule has 0 spiro atoms. The number of ether oxygens (including phenoxy) is 1. The van der Waals surface area contributed by atoms with Crippen molar-refractivity contribution in [1.82, 2.24) is 9.62 Å². The zero-order valence-corrected chi connectivity index (χ0v) is 14.9. The second-order valence-electron chi connectivity index (χ2n) is 6.28. The molecule has 1 N–H and O–H groups in total. The van der Waals surface area contributed by atoms with E-state index in [-0.39, 0.29) is 49.1 Å². The van der Waals surface area contributed by atoms with Crippen molar-refractivity contribution < 1.29 is 22.3 Å². The Morgan fingerprint density at radius 1 is 1.38 bits per heavy atom. The number of carbonyl (C=O) groups excluding carboxylic acids is 1. The van der Waals surface area contributed by atoms with Crippen molar-refractivity contribution in [3.05, 3.63) is 35.1 Å². The molecule has 0 radical (unpaired) electrons. The second-order valence-corrected chi connectivity index (χ2v) is 8.51. The lowest BCUT2D eigenvalue weighted by Gasteiger charge is -2.21. The van der Waals surface area contributed by atoms with E-state index in [0.717, 1.165) is 5.56 Å². The summed E-state index contributed by atoms with van der Waals surface area (Å²) in [6.45, 7) is 2.38. The van der Waals surface area contributed by atoms with E-state index in [1.807, 2.05) is 6.92 Å². The Balaban J connectivity index is 1.99. The van der Waals surface area contributed by atoms with Crippen LogP contribution in [0.5, 0.6) is 0 Å². The van der Waals surface area contributed by atoms with Crippen LogP contribution in [0.25, 0.3) is 0 Å². The van der Waals surface area contributed by atoms with Crippen LogP contribution in [0, 0.1) is 18.7 Å². The van der Waals surface area contributed by atoms with E-state index in [1.54, 1.807) is 6.07 Å². The molecule has 6 nitrogen and oxygen atoms in total. The average Bonchev–Trinajstić information content (AvgIpc) is 2.89. The van der Waals surface area contributed by atoms with Gasteiger partial charge in [0.2, 0.25) is 15.9 Å². The highest BCUT2D eigenvalue weighted by Gasteiger charge is 2.34. The first kappa shape index (κ1) is 18.8. The Hall–Kier alpha value is -1.51. The molecule has 0 bridgehead atoms. The summed E-state index contributed by atoms with van der Waals surface area (Å²) >= 11 is 0. The Morgan fingerprint density at radius 3 is 2.75 bits per heavy atom. The van der Waals surface area contributed by atoms with E-state index < -0.39 is 10.0 Å². The van der Waals surface area contributed by atoms with Gasteiger partial charge in [0, 0.05) is 20.0 Å². The van der Waals surface area contributed by atoms with Crippen molar-refractivity contribution in [2.75, 3.05) is 33.1 Å². The van der Waals surface area contributed by atoms with Gasteiger partial charge in [-0.1, -0.05) is 6.07 Å². The SMILES string of the molecule is Cc1ccc(F)cc1CC(=O)N[C@@H]1COC[C@H]1CS(=O)(=O)N(C)C. The van der Waals surface area contributed by atoms with Crippen LogP contribution >= 0.6 is 0 Å². The molecule has 8 heteroatoms. The van der Waals surface area contributed by atoms with Crippen LogP contribution in [0.2, 0.25) is 0 Å². The molecule has 1 fully saturated rings. The third-order valence-electron chi connectivity index (χ3n) is 4.19. The number of hydrogen-bond donors (Lipinski definition) is 1. The van der Waals surface area contributed by atoms with E-state index in [2.05, 4.69) is 5.32 Å². The number of benzene rings is 1. The molecule has 0 aromatic heterocycles. The Bertz CT molecular complexity index is 706. The highest BCUT2D eigenvalue weighted by atomic mass is 32.2. The molecule has 134 valence electrons. The summed E-state index contributed by atoms with van der Waals surface area (Å²) in [5.74, 6) is -1.03. The molecule has 1 heterocycles. The number of sulfonamides is 1. The van der Waals surface area contributed by atoms with Gasteiger partial charge >= 0.3 is 0 Å². The first-order valence-corrected chi connectivity index (χ1v) is 9.32. The van der Waals surface area contributed by atoms with Gasteiger partial charge in [-0.2, -0.15) is 0 Å². The molecule has 2 rings (SSSR count). The summed E-state index contributed by atoms with van der Waals surface area (Å²) < 4.78 is 43.8. The Labute approximate surface area is 142 Å². The van der Waals surface area contributed by atoms with Crippen molar-refractivity contribution in [3.8, 4) is 0 Å². The monoisotopic (exact) mass is 358 g/mol. The lowest BCUT2D eigenvalue weighted by molar-refractivity contribution is -0.121. The normalized spacial score (nSPS) is 21.2. The van der Waals surface area contributed by atoms with Crippen LogP contribution < -0.4 is 5.32 Å². The minimum atomic E-state index is -3.37. The molecule has 1 aliphatic rings. The molecule has 1 aromatic rings. The minimum Gasteiger partial charge on any atom is -0.379 e. The van der Waals surface area contributed by atoms with Crippen LogP contribution in [0.15, 0.2) is 18.2 Å². The molecule has 2 atom stereocenters. The van der Waals surface area contributed by atoms with Gasteiger partial charge in [-0.05, 0) is 30.2 Å². The zero-order chi connectivity index (χ0) is 17.9.